The number of nitrogens with zero attached hydrogens (tertiary/aromatic N) is 3. The van der Waals surface area contributed by atoms with E-state index in [0.29, 0.717) is 30.6 Å². The van der Waals surface area contributed by atoms with Crippen molar-refractivity contribution in [1.29, 1.82) is 0 Å². The third kappa shape index (κ3) is 3.74. The van der Waals surface area contributed by atoms with E-state index in [1.165, 1.54) is 0 Å². The Morgan fingerprint density at radius 2 is 2.50 bits per heavy atom. The molecule has 3 heterocycles. The van der Waals surface area contributed by atoms with Gasteiger partial charge in [-0.3, -0.25) is 4.79 Å². The maximum atomic E-state index is 12.2. The van der Waals surface area contributed by atoms with Crippen LogP contribution in [0.25, 0.3) is 10.7 Å². The SMILES string of the molecule is CC1CN(C(=O)CCc2nc(-c3cc(Br)cs3)no2)CCN1. The summed E-state index contributed by atoms with van der Waals surface area (Å²) < 4.78 is 6.24. The van der Waals surface area contributed by atoms with Gasteiger partial charge in [-0.2, -0.15) is 4.98 Å². The van der Waals surface area contributed by atoms with Gasteiger partial charge >= 0.3 is 0 Å². The molecule has 3 rings (SSSR count). The average molecular weight is 385 g/mol. The van der Waals surface area contributed by atoms with Crippen molar-refractivity contribution in [1.82, 2.24) is 20.4 Å². The second kappa shape index (κ2) is 6.89. The van der Waals surface area contributed by atoms with Gasteiger partial charge in [0.1, 0.15) is 0 Å². The van der Waals surface area contributed by atoms with Crippen LogP contribution < -0.4 is 5.32 Å². The highest BCUT2D eigenvalue weighted by atomic mass is 79.9. The molecule has 0 saturated carbocycles. The number of aryl methyl sites for hydroxylation is 1. The highest BCUT2D eigenvalue weighted by Crippen LogP contribution is 2.27. The lowest BCUT2D eigenvalue weighted by molar-refractivity contribution is -0.132. The van der Waals surface area contributed by atoms with Gasteiger partial charge in [0.05, 0.1) is 4.88 Å². The molecule has 1 amide bonds. The Balaban J connectivity index is 1.55. The summed E-state index contributed by atoms with van der Waals surface area (Å²) in [5.74, 6) is 1.23. The van der Waals surface area contributed by atoms with Crippen LogP contribution in [0.4, 0.5) is 0 Å². The molecule has 0 bridgehead atoms. The van der Waals surface area contributed by atoms with E-state index in [2.05, 4.69) is 38.3 Å². The van der Waals surface area contributed by atoms with E-state index in [-0.39, 0.29) is 5.91 Å². The lowest BCUT2D eigenvalue weighted by Gasteiger charge is -2.31. The van der Waals surface area contributed by atoms with Gasteiger partial charge in [-0.05, 0) is 28.9 Å². The number of halogens is 1. The minimum atomic E-state index is 0.145. The predicted octanol–water partition coefficient (Wildman–Crippen LogP) is 2.31. The molecule has 2 aromatic rings. The van der Waals surface area contributed by atoms with Crippen molar-refractivity contribution in [3.05, 3.63) is 21.8 Å². The molecule has 8 heteroatoms. The summed E-state index contributed by atoms with van der Waals surface area (Å²) in [5, 5.41) is 9.27. The highest BCUT2D eigenvalue weighted by molar-refractivity contribution is 9.10. The summed E-state index contributed by atoms with van der Waals surface area (Å²) in [6.45, 7) is 4.46. The van der Waals surface area contributed by atoms with Gasteiger partial charge < -0.3 is 14.7 Å². The molecule has 1 aliphatic rings. The number of aromatic nitrogens is 2. The number of carbonyl (C=O) groups excluding carboxylic acids is 1. The molecule has 1 N–H and O–H groups in total. The van der Waals surface area contributed by atoms with Crippen molar-refractivity contribution in [2.75, 3.05) is 19.6 Å². The van der Waals surface area contributed by atoms with Crippen molar-refractivity contribution in [2.45, 2.75) is 25.8 Å². The molecule has 1 atom stereocenters. The van der Waals surface area contributed by atoms with E-state index in [0.717, 1.165) is 29.0 Å². The first-order chi connectivity index (χ1) is 10.6. The quantitative estimate of drug-likeness (QED) is 0.875. The van der Waals surface area contributed by atoms with Crippen molar-refractivity contribution in [2.24, 2.45) is 0 Å². The summed E-state index contributed by atoms with van der Waals surface area (Å²) in [6, 6.07) is 2.30. The molecule has 118 valence electrons. The molecule has 0 aliphatic carbocycles. The second-order valence-corrected chi connectivity index (χ2v) is 7.16. The lowest BCUT2D eigenvalue weighted by Crippen LogP contribution is -2.51. The summed E-state index contributed by atoms with van der Waals surface area (Å²) >= 11 is 4.95. The average Bonchev–Trinajstić information content (AvgIpc) is 3.13. The van der Waals surface area contributed by atoms with Gasteiger partial charge in [0, 0.05) is 48.4 Å². The fraction of sp³-hybridized carbons (Fsp3) is 0.500. The zero-order valence-corrected chi connectivity index (χ0v) is 14.6. The lowest BCUT2D eigenvalue weighted by atomic mass is 10.2. The Labute approximate surface area is 141 Å². The van der Waals surface area contributed by atoms with Crippen LogP contribution in [0.5, 0.6) is 0 Å². The predicted molar refractivity (Wildman–Crippen MR) is 87.7 cm³/mol. The van der Waals surface area contributed by atoms with Crippen LogP contribution in [0.3, 0.4) is 0 Å². The van der Waals surface area contributed by atoms with Gasteiger partial charge in [0.25, 0.3) is 0 Å². The molecule has 6 nitrogen and oxygen atoms in total. The van der Waals surface area contributed by atoms with Gasteiger partial charge in [-0.1, -0.05) is 5.16 Å². The number of piperazine rings is 1. The topological polar surface area (TPSA) is 71.3 Å². The van der Waals surface area contributed by atoms with Crippen molar-refractivity contribution in [3.63, 3.8) is 0 Å². The molecule has 0 aromatic carbocycles. The van der Waals surface area contributed by atoms with Crippen LogP contribution in [0.15, 0.2) is 20.4 Å². The van der Waals surface area contributed by atoms with Gasteiger partial charge in [0.2, 0.25) is 17.6 Å². The molecule has 1 saturated heterocycles. The zero-order chi connectivity index (χ0) is 15.5. The van der Waals surface area contributed by atoms with Gasteiger partial charge in [0.15, 0.2) is 0 Å². The number of hydrogen-bond acceptors (Lipinski definition) is 6. The van der Waals surface area contributed by atoms with Crippen LogP contribution in [-0.4, -0.2) is 46.6 Å². The van der Waals surface area contributed by atoms with E-state index in [1.807, 2.05) is 16.3 Å². The smallest absolute Gasteiger partial charge is 0.227 e. The molecular formula is C14H17BrN4O2S. The Bertz CT molecular complexity index is 657. The minimum absolute atomic E-state index is 0.145. The van der Waals surface area contributed by atoms with E-state index >= 15 is 0 Å². The zero-order valence-electron chi connectivity index (χ0n) is 12.2. The van der Waals surface area contributed by atoms with Crippen LogP contribution in [0.1, 0.15) is 19.2 Å². The van der Waals surface area contributed by atoms with Crippen LogP contribution >= 0.6 is 27.3 Å². The largest absolute Gasteiger partial charge is 0.340 e. The number of amides is 1. The van der Waals surface area contributed by atoms with Gasteiger partial charge in [-0.25, -0.2) is 0 Å². The summed E-state index contributed by atoms with van der Waals surface area (Å²) in [5.41, 5.74) is 0. The van der Waals surface area contributed by atoms with E-state index in [4.69, 9.17) is 4.52 Å². The third-order valence-corrected chi connectivity index (χ3v) is 5.22. The standard InChI is InChI=1S/C14H17BrN4O2S/c1-9-7-19(5-4-16-9)13(20)3-2-12-17-14(18-21-12)11-6-10(15)8-22-11/h6,8-9,16H,2-5,7H2,1H3. The van der Waals surface area contributed by atoms with Crippen LogP contribution in [-0.2, 0) is 11.2 Å². The summed E-state index contributed by atoms with van der Waals surface area (Å²) in [6.07, 6.45) is 0.888. The molecule has 2 aromatic heterocycles. The highest BCUT2D eigenvalue weighted by Gasteiger charge is 2.21. The monoisotopic (exact) mass is 384 g/mol. The normalized spacial score (nSPS) is 18.6. The Kier molecular flexibility index (Phi) is 4.90. The number of nitrogens with one attached hydrogen (secondary N) is 1. The third-order valence-electron chi connectivity index (χ3n) is 3.53. The van der Waals surface area contributed by atoms with E-state index in [9.17, 15) is 4.79 Å². The molecular weight excluding hydrogens is 368 g/mol. The first kappa shape index (κ1) is 15.6. The van der Waals surface area contributed by atoms with E-state index < -0.39 is 0 Å². The van der Waals surface area contributed by atoms with Crippen molar-refractivity contribution in [3.8, 4) is 10.7 Å². The van der Waals surface area contributed by atoms with Crippen LogP contribution in [0, 0.1) is 0 Å². The molecule has 0 radical (unpaired) electrons. The fourth-order valence-electron chi connectivity index (χ4n) is 2.42. The number of rotatable bonds is 4. The molecule has 1 fully saturated rings. The number of carbonyl (C=O) groups is 1. The van der Waals surface area contributed by atoms with Crippen molar-refractivity contribution >= 4 is 33.2 Å². The first-order valence-electron chi connectivity index (χ1n) is 7.20. The molecule has 0 spiro atoms. The molecule has 1 unspecified atom stereocenters. The Hall–Kier alpha value is -1.25. The summed E-state index contributed by atoms with van der Waals surface area (Å²) in [7, 11) is 0. The van der Waals surface area contributed by atoms with Crippen LogP contribution in [0.2, 0.25) is 0 Å². The van der Waals surface area contributed by atoms with E-state index in [1.54, 1.807) is 11.3 Å². The summed E-state index contributed by atoms with van der Waals surface area (Å²) in [4.78, 5) is 19.4. The molecule has 1 aliphatic heterocycles. The minimum Gasteiger partial charge on any atom is -0.340 e. The maximum Gasteiger partial charge on any atom is 0.227 e. The fourth-order valence-corrected chi connectivity index (χ4v) is 3.77. The number of thiophene rings is 1. The Morgan fingerprint density at radius 3 is 3.23 bits per heavy atom. The second-order valence-electron chi connectivity index (χ2n) is 5.34. The van der Waals surface area contributed by atoms with Gasteiger partial charge in [-0.15, -0.1) is 11.3 Å². The maximum absolute atomic E-state index is 12.2. The molecule has 22 heavy (non-hydrogen) atoms. The van der Waals surface area contributed by atoms with Crippen molar-refractivity contribution < 1.29 is 9.32 Å². The first-order valence-corrected chi connectivity index (χ1v) is 8.87. The number of hydrogen-bond donors (Lipinski definition) is 1. The Morgan fingerprint density at radius 1 is 1.64 bits per heavy atom.